The Morgan fingerprint density at radius 1 is 1.25 bits per heavy atom. The van der Waals surface area contributed by atoms with Crippen LogP contribution >= 0.6 is 15.9 Å². The first kappa shape index (κ1) is 13.6. The second kappa shape index (κ2) is 5.72. The molecule has 0 aliphatic carbocycles. The number of rotatable bonds is 4. The molecule has 0 aromatic heterocycles. The molecule has 0 saturated heterocycles. The lowest BCUT2D eigenvalue weighted by Gasteiger charge is -2.23. The summed E-state index contributed by atoms with van der Waals surface area (Å²) in [4.78, 5) is 0. The third-order valence-electron chi connectivity index (χ3n) is 2.67. The molecule has 1 nitrogen and oxygen atoms in total. The van der Waals surface area contributed by atoms with E-state index in [-0.39, 0.29) is 5.41 Å². The molecule has 0 N–H and O–H groups in total. The van der Waals surface area contributed by atoms with Crippen LogP contribution in [0, 0.1) is 0 Å². The Labute approximate surface area is 107 Å². The molecule has 0 amide bonds. The second-order valence-corrected chi connectivity index (χ2v) is 5.87. The summed E-state index contributed by atoms with van der Waals surface area (Å²) in [5.41, 5.74) is 2.82. The van der Waals surface area contributed by atoms with Crippen molar-refractivity contribution in [1.82, 2.24) is 0 Å². The van der Waals surface area contributed by atoms with Gasteiger partial charge in [0.15, 0.2) is 0 Å². The molecule has 2 heteroatoms. The average Bonchev–Trinajstić information content (AvgIpc) is 2.24. The van der Waals surface area contributed by atoms with Gasteiger partial charge in [0.1, 0.15) is 5.75 Å². The number of methoxy groups -OCH3 is 1. The zero-order valence-corrected chi connectivity index (χ0v) is 12.2. The smallest absolute Gasteiger partial charge is 0.122 e. The topological polar surface area (TPSA) is 9.23 Å². The second-order valence-electron chi connectivity index (χ2n) is 5.08. The minimum Gasteiger partial charge on any atom is -0.496 e. The molecule has 0 bridgehead atoms. The molecule has 0 aliphatic heterocycles. The number of halogens is 1. The third-order valence-corrected chi connectivity index (χ3v) is 3.23. The molecule has 1 rings (SSSR count). The van der Waals surface area contributed by atoms with E-state index in [2.05, 4.69) is 54.9 Å². The van der Waals surface area contributed by atoms with Gasteiger partial charge in [-0.2, -0.15) is 0 Å². The molecule has 0 heterocycles. The summed E-state index contributed by atoms with van der Waals surface area (Å²) in [7, 11) is 1.74. The predicted molar refractivity (Wildman–Crippen MR) is 73.8 cm³/mol. The lowest BCUT2D eigenvalue weighted by molar-refractivity contribution is 0.397. The number of hydrogen-bond donors (Lipinski definition) is 0. The molecule has 1 aromatic rings. The van der Waals surface area contributed by atoms with Gasteiger partial charge >= 0.3 is 0 Å². The molecular weight excluding hydrogens is 264 g/mol. The summed E-state index contributed by atoms with van der Waals surface area (Å²) in [6.07, 6.45) is 2.30. The highest BCUT2D eigenvalue weighted by atomic mass is 79.9. The van der Waals surface area contributed by atoms with E-state index in [1.807, 2.05) is 0 Å². The molecule has 0 spiro atoms. The molecule has 0 atom stereocenters. The monoisotopic (exact) mass is 284 g/mol. The average molecular weight is 285 g/mol. The fraction of sp³-hybridized carbons (Fsp3) is 0.571. The van der Waals surface area contributed by atoms with Crippen molar-refractivity contribution < 1.29 is 4.74 Å². The lowest BCUT2D eigenvalue weighted by Crippen LogP contribution is -2.13. The highest BCUT2D eigenvalue weighted by Gasteiger charge is 2.18. The van der Waals surface area contributed by atoms with Crippen molar-refractivity contribution in [3.05, 3.63) is 29.3 Å². The Kier molecular flexibility index (Phi) is 4.85. The normalized spacial score (nSPS) is 11.6. The van der Waals surface area contributed by atoms with E-state index >= 15 is 0 Å². The molecule has 90 valence electrons. The van der Waals surface area contributed by atoms with E-state index in [1.54, 1.807) is 7.11 Å². The molecule has 0 aliphatic rings. The zero-order chi connectivity index (χ0) is 12.2. The Balaban J connectivity index is 3.02. The van der Waals surface area contributed by atoms with Crippen LogP contribution in [0.25, 0.3) is 0 Å². The Morgan fingerprint density at radius 3 is 2.44 bits per heavy atom. The molecule has 0 saturated carbocycles. The molecular formula is C14H21BrO. The molecule has 0 unspecified atom stereocenters. The van der Waals surface area contributed by atoms with Crippen molar-refractivity contribution in [3.63, 3.8) is 0 Å². The van der Waals surface area contributed by atoms with Crippen LogP contribution in [0.3, 0.4) is 0 Å². The van der Waals surface area contributed by atoms with E-state index in [4.69, 9.17) is 4.74 Å². The molecule has 1 aromatic carbocycles. The van der Waals surface area contributed by atoms with Crippen molar-refractivity contribution in [2.24, 2.45) is 0 Å². The van der Waals surface area contributed by atoms with Gasteiger partial charge in [0.05, 0.1) is 7.11 Å². The van der Waals surface area contributed by atoms with E-state index in [0.717, 1.165) is 17.5 Å². The lowest BCUT2D eigenvalue weighted by atomic mass is 9.85. The van der Waals surface area contributed by atoms with Crippen molar-refractivity contribution >= 4 is 15.9 Å². The van der Waals surface area contributed by atoms with Crippen LogP contribution in [0.5, 0.6) is 5.75 Å². The van der Waals surface area contributed by atoms with Crippen molar-refractivity contribution in [2.45, 2.75) is 39.0 Å². The fourth-order valence-electron chi connectivity index (χ4n) is 1.77. The summed E-state index contributed by atoms with van der Waals surface area (Å²) in [6, 6.07) is 6.53. The Bertz CT molecular complexity index is 339. The summed E-state index contributed by atoms with van der Waals surface area (Å²) in [5.74, 6) is 0.995. The van der Waals surface area contributed by atoms with Crippen molar-refractivity contribution in [1.29, 1.82) is 0 Å². The largest absolute Gasteiger partial charge is 0.496 e. The standard InChI is InChI=1S/C14H21BrO/c1-14(2,3)12-10-11(6-5-9-15)7-8-13(12)16-4/h7-8,10H,5-6,9H2,1-4H3. The van der Waals surface area contributed by atoms with Crippen LogP contribution < -0.4 is 4.74 Å². The summed E-state index contributed by atoms with van der Waals surface area (Å²) in [6.45, 7) is 6.66. The highest BCUT2D eigenvalue weighted by Crippen LogP contribution is 2.32. The Hall–Kier alpha value is -0.500. The molecule has 0 radical (unpaired) electrons. The Morgan fingerprint density at radius 2 is 1.94 bits per heavy atom. The van der Waals surface area contributed by atoms with Crippen LogP contribution in [0.15, 0.2) is 18.2 Å². The number of benzene rings is 1. The van der Waals surface area contributed by atoms with Crippen LogP contribution in [0.1, 0.15) is 38.3 Å². The minimum atomic E-state index is 0.135. The van der Waals surface area contributed by atoms with Crippen LogP contribution in [-0.2, 0) is 11.8 Å². The summed E-state index contributed by atoms with van der Waals surface area (Å²) >= 11 is 3.47. The quantitative estimate of drug-likeness (QED) is 0.749. The first-order valence-corrected chi connectivity index (χ1v) is 6.84. The van der Waals surface area contributed by atoms with E-state index < -0.39 is 0 Å². The molecule has 16 heavy (non-hydrogen) atoms. The first-order chi connectivity index (χ1) is 7.49. The summed E-state index contributed by atoms with van der Waals surface area (Å²) < 4.78 is 5.42. The van der Waals surface area contributed by atoms with E-state index in [9.17, 15) is 0 Å². The number of hydrogen-bond acceptors (Lipinski definition) is 1. The number of aryl methyl sites for hydroxylation is 1. The fourth-order valence-corrected chi connectivity index (χ4v) is 2.05. The number of ether oxygens (including phenoxy) is 1. The van der Waals surface area contributed by atoms with Gasteiger partial charge in [0, 0.05) is 5.33 Å². The van der Waals surface area contributed by atoms with Gasteiger partial charge in [-0.1, -0.05) is 48.8 Å². The molecule has 0 fully saturated rings. The maximum atomic E-state index is 5.42. The maximum absolute atomic E-state index is 5.42. The van der Waals surface area contributed by atoms with Crippen LogP contribution in [0.2, 0.25) is 0 Å². The maximum Gasteiger partial charge on any atom is 0.122 e. The van der Waals surface area contributed by atoms with Crippen molar-refractivity contribution in [3.8, 4) is 5.75 Å². The predicted octanol–water partition coefficient (Wildman–Crippen LogP) is 4.32. The van der Waals surface area contributed by atoms with Gasteiger partial charge in [-0.05, 0) is 35.4 Å². The van der Waals surface area contributed by atoms with Gasteiger partial charge in [-0.15, -0.1) is 0 Å². The summed E-state index contributed by atoms with van der Waals surface area (Å²) in [5, 5.41) is 1.06. The van der Waals surface area contributed by atoms with Crippen LogP contribution in [-0.4, -0.2) is 12.4 Å². The van der Waals surface area contributed by atoms with Gasteiger partial charge in [-0.3, -0.25) is 0 Å². The van der Waals surface area contributed by atoms with Gasteiger partial charge in [-0.25, -0.2) is 0 Å². The van der Waals surface area contributed by atoms with Crippen molar-refractivity contribution in [2.75, 3.05) is 12.4 Å². The minimum absolute atomic E-state index is 0.135. The van der Waals surface area contributed by atoms with Gasteiger partial charge in [0.25, 0.3) is 0 Å². The van der Waals surface area contributed by atoms with Gasteiger partial charge < -0.3 is 4.74 Å². The SMILES string of the molecule is COc1ccc(CCCBr)cc1C(C)(C)C. The van der Waals surface area contributed by atoms with Gasteiger partial charge in [0.2, 0.25) is 0 Å². The zero-order valence-electron chi connectivity index (χ0n) is 10.6. The van der Waals surface area contributed by atoms with Crippen LogP contribution in [0.4, 0.5) is 0 Å². The van der Waals surface area contributed by atoms with E-state index in [1.165, 1.54) is 17.5 Å². The third kappa shape index (κ3) is 3.51. The van der Waals surface area contributed by atoms with E-state index in [0.29, 0.717) is 0 Å². The highest BCUT2D eigenvalue weighted by molar-refractivity contribution is 9.09. The first-order valence-electron chi connectivity index (χ1n) is 5.72. The number of alkyl halides is 1.